The van der Waals surface area contributed by atoms with Crippen LogP contribution in [0.3, 0.4) is 0 Å². The number of carbonyl (C=O) groups excluding carboxylic acids is 1. The maximum atomic E-state index is 13.3. The van der Waals surface area contributed by atoms with Crippen molar-refractivity contribution in [2.75, 3.05) is 39.4 Å². The van der Waals surface area contributed by atoms with E-state index in [0.717, 1.165) is 56.1 Å². The molecule has 0 spiro atoms. The number of carbonyl (C=O) groups is 1. The van der Waals surface area contributed by atoms with Crippen LogP contribution in [0, 0.1) is 12.7 Å². The second kappa shape index (κ2) is 9.85. The molecule has 1 N–H and O–H groups in total. The van der Waals surface area contributed by atoms with Gasteiger partial charge in [-0.15, -0.1) is 0 Å². The van der Waals surface area contributed by atoms with Crippen LogP contribution in [-0.4, -0.2) is 60.0 Å². The first-order valence-corrected chi connectivity index (χ1v) is 10.6. The number of aromatic nitrogens is 2. The molecule has 1 amide bonds. The van der Waals surface area contributed by atoms with Crippen LogP contribution in [0.2, 0.25) is 0 Å². The second-order valence-corrected chi connectivity index (χ2v) is 7.74. The maximum absolute atomic E-state index is 13.3. The van der Waals surface area contributed by atoms with Crippen molar-refractivity contribution in [3.63, 3.8) is 0 Å². The number of ether oxygens (including phenoxy) is 1. The monoisotopic (exact) mass is 422 g/mol. The van der Waals surface area contributed by atoms with E-state index in [2.05, 4.69) is 15.3 Å². The highest BCUT2D eigenvalue weighted by Crippen LogP contribution is 2.22. The van der Waals surface area contributed by atoms with Gasteiger partial charge in [-0.3, -0.25) is 9.69 Å². The van der Waals surface area contributed by atoms with Gasteiger partial charge in [0.05, 0.1) is 24.6 Å². The lowest BCUT2D eigenvalue weighted by atomic mass is 10.1. The molecule has 2 aromatic carbocycles. The van der Waals surface area contributed by atoms with E-state index in [9.17, 15) is 9.18 Å². The molecule has 1 aliphatic heterocycles. The fraction of sp³-hybridized carbons (Fsp3) is 0.333. The lowest BCUT2D eigenvalue weighted by Gasteiger charge is -2.26. The summed E-state index contributed by atoms with van der Waals surface area (Å²) in [7, 11) is 0. The van der Waals surface area contributed by atoms with E-state index in [1.165, 1.54) is 12.1 Å². The van der Waals surface area contributed by atoms with Crippen LogP contribution >= 0.6 is 0 Å². The van der Waals surface area contributed by atoms with E-state index in [4.69, 9.17) is 4.74 Å². The van der Waals surface area contributed by atoms with Crippen molar-refractivity contribution in [1.29, 1.82) is 0 Å². The number of aryl methyl sites for hydroxylation is 1. The third-order valence-electron chi connectivity index (χ3n) is 5.37. The molecule has 3 aromatic rings. The normalized spacial score (nSPS) is 14.5. The fourth-order valence-electron chi connectivity index (χ4n) is 3.68. The van der Waals surface area contributed by atoms with E-state index in [0.29, 0.717) is 17.9 Å². The molecule has 1 aromatic heterocycles. The smallest absolute Gasteiger partial charge is 0.270 e. The third-order valence-corrected chi connectivity index (χ3v) is 5.37. The summed E-state index contributed by atoms with van der Waals surface area (Å²) in [5.41, 5.74) is 3.73. The van der Waals surface area contributed by atoms with Crippen molar-refractivity contribution in [2.24, 2.45) is 0 Å². The molecule has 162 valence electrons. The van der Waals surface area contributed by atoms with Crippen molar-refractivity contribution < 1.29 is 13.9 Å². The molecule has 7 heteroatoms. The molecular weight excluding hydrogens is 395 g/mol. The number of amides is 1. The number of nitrogens with one attached hydrogen (secondary N) is 1. The molecule has 2 heterocycles. The van der Waals surface area contributed by atoms with Crippen LogP contribution in [0.25, 0.3) is 16.9 Å². The van der Waals surface area contributed by atoms with Crippen LogP contribution in [0.4, 0.5) is 4.39 Å². The fourth-order valence-corrected chi connectivity index (χ4v) is 3.68. The second-order valence-electron chi connectivity index (χ2n) is 7.74. The molecular formula is C24H27FN4O2. The zero-order valence-corrected chi connectivity index (χ0v) is 17.7. The Morgan fingerprint density at radius 1 is 1.13 bits per heavy atom. The summed E-state index contributed by atoms with van der Waals surface area (Å²) in [4.78, 5) is 15.4. The molecule has 0 saturated carbocycles. The SMILES string of the molecule is Cc1cccc(-n2nc(-c3ccc(F)cc3)cc2C(=O)NCCCN2CCOCC2)c1. The molecule has 0 radical (unpaired) electrons. The summed E-state index contributed by atoms with van der Waals surface area (Å²) in [5.74, 6) is -0.482. The number of rotatable bonds is 7. The van der Waals surface area contributed by atoms with Gasteiger partial charge in [0.1, 0.15) is 11.5 Å². The molecule has 6 nitrogen and oxygen atoms in total. The Morgan fingerprint density at radius 3 is 2.65 bits per heavy atom. The molecule has 4 rings (SSSR count). The van der Waals surface area contributed by atoms with Crippen molar-refractivity contribution in [3.8, 4) is 16.9 Å². The third kappa shape index (κ3) is 5.37. The zero-order valence-electron chi connectivity index (χ0n) is 17.7. The van der Waals surface area contributed by atoms with Gasteiger partial charge in [-0.1, -0.05) is 12.1 Å². The zero-order chi connectivity index (χ0) is 21.6. The maximum Gasteiger partial charge on any atom is 0.270 e. The minimum absolute atomic E-state index is 0.177. The summed E-state index contributed by atoms with van der Waals surface area (Å²) < 4.78 is 20.4. The number of nitrogens with zero attached hydrogens (tertiary/aromatic N) is 3. The molecule has 0 atom stereocenters. The lowest BCUT2D eigenvalue weighted by molar-refractivity contribution is 0.0374. The molecule has 31 heavy (non-hydrogen) atoms. The van der Waals surface area contributed by atoms with E-state index < -0.39 is 0 Å². The highest BCUT2D eigenvalue weighted by Gasteiger charge is 2.18. The highest BCUT2D eigenvalue weighted by molar-refractivity contribution is 5.94. The summed E-state index contributed by atoms with van der Waals surface area (Å²) in [6.45, 7) is 6.94. The van der Waals surface area contributed by atoms with Crippen LogP contribution in [0.15, 0.2) is 54.6 Å². The van der Waals surface area contributed by atoms with Gasteiger partial charge in [0.2, 0.25) is 0 Å². The van der Waals surface area contributed by atoms with Crippen molar-refractivity contribution >= 4 is 5.91 Å². The summed E-state index contributed by atoms with van der Waals surface area (Å²) in [6.07, 6.45) is 0.870. The van der Waals surface area contributed by atoms with Gasteiger partial charge < -0.3 is 10.1 Å². The molecule has 1 fully saturated rings. The number of morpholine rings is 1. The Labute approximate surface area is 181 Å². The average Bonchev–Trinajstić information content (AvgIpc) is 3.23. The summed E-state index contributed by atoms with van der Waals surface area (Å²) in [6, 6.07) is 15.7. The molecule has 1 aliphatic rings. The van der Waals surface area contributed by atoms with E-state index in [1.54, 1.807) is 22.9 Å². The minimum atomic E-state index is -0.305. The molecule has 0 aliphatic carbocycles. The Balaban J connectivity index is 1.51. The van der Waals surface area contributed by atoms with Gasteiger partial charge in [0.15, 0.2) is 0 Å². The van der Waals surface area contributed by atoms with Crippen LogP contribution < -0.4 is 5.32 Å². The van der Waals surface area contributed by atoms with E-state index >= 15 is 0 Å². The lowest BCUT2D eigenvalue weighted by Crippen LogP contribution is -2.38. The molecule has 0 bridgehead atoms. The molecule has 0 unspecified atom stereocenters. The van der Waals surface area contributed by atoms with Gasteiger partial charge in [-0.05, 0) is 67.9 Å². The van der Waals surface area contributed by atoms with Crippen molar-refractivity contribution in [2.45, 2.75) is 13.3 Å². The van der Waals surface area contributed by atoms with E-state index in [1.807, 2.05) is 31.2 Å². The Hall–Kier alpha value is -3.03. The van der Waals surface area contributed by atoms with Gasteiger partial charge in [0, 0.05) is 25.2 Å². The number of hydrogen-bond donors (Lipinski definition) is 1. The van der Waals surface area contributed by atoms with Crippen molar-refractivity contribution in [1.82, 2.24) is 20.0 Å². The van der Waals surface area contributed by atoms with Crippen LogP contribution in [0.1, 0.15) is 22.5 Å². The quantitative estimate of drug-likeness (QED) is 0.593. The van der Waals surface area contributed by atoms with Gasteiger partial charge >= 0.3 is 0 Å². The minimum Gasteiger partial charge on any atom is -0.379 e. The first-order valence-electron chi connectivity index (χ1n) is 10.6. The Bertz CT molecular complexity index is 1030. The Morgan fingerprint density at radius 2 is 1.90 bits per heavy atom. The Kier molecular flexibility index (Phi) is 6.74. The van der Waals surface area contributed by atoms with Crippen LogP contribution in [-0.2, 0) is 4.74 Å². The highest BCUT2D eigenvalue weighted by atomic mass is 19.1. The van der Waals surface area contributed by atoms with Gasteiger partial charge in [-0.25, -0.2) is 9.07 Å². The van der Waals surface area contributed by atoms with Gasteiger partial charge in [0.25, 0.3) is 5.91 Å². The summed E-state index contributed by atoms with van der Waals surface area (Å²) in [5, 5.41) is 7.68. The first kappa shape index (κ1) is 21.2. The predicted octanol–water partition coefficient (Wildman–Crippen LogP) is 3.44. The number of benzene rings is 2. The molecule has 1 saturated heterocycles. The average molecular weight is 423 g/mol. The predicted molar refractivity (Wildman–Crippen MR) is 118 cm³/mol. The standard InChI is InChI=1S/C24H27FN4O2/c1-18-4-2-5-21(16-18)29-23(17-22(27-29)19-6-8-20(25)9-7-19)24(30)26-10-3-11-28-12-14-31-15-13-28/h2,4-9,16-17H,3,10-15H2,1H3,(H,26,30). The largest absolute Gasteiger partial charge is 0.379 e. The van der Waals surface area contributed by atoms with Crippen molar-refractivity contribution in [3.05, 3.63) is 71.7 Å². The number of hydrogen-bond acceptors (Lipinski definition) is 4. The van der Waals surface area contributed by atoms with Crippen LogP contribution in [0.5, 0.6) is 0 Å². The number of halogens is 1. The van der Waals surface area contributed by atoms with E-state index in [-0.39, 0.29) is 11.7 Å². The van der Waals surface area contributed by atoms with Gasteiger partial charge in [-0.2, -0.15) is 5.10 Å². The first-order chi connectivity index (χ1) is 15.1. The topological polar surface area (TPSA) is 59.4 Å². The summed E-state index contributed by atoms with van der Waals surface area (Å²) >= 11 is 0.